The van der Waals surface area contributed by atoms with E-state index in [4.69, 9.17) is 4.74 Å². The lowest BCUT2D eigenvalue weighted by atomic mass is 9.89. The number of benzene rings is 1. The van der Waals surface area contributed by atoms with Gasteiger partial charge in [-0.3, -0.25) is 9.69 Å². The first kappa shape index (κ1) is 21.2. The maximum atomic E-state index is 13.1. The molecular weight excluding hydrogens is 400 g/mol. The lowest BCUT2D eigenvalue weighted by molar-refractivity contribution is -0.0704. The van der Waals surface area contributed by atoms with E-state index in [0.29, 0.717) is 5.92 Å². The number of morpholine rings is 1. The maximum absolute atomic E-state index is 13.1. The number of likely N-dealkylation sites (tertiary alicyclic amines) is 1. The Morgan fingerprint density at radius 2 is 1.81 bits per heavy atom. The molecule has 1 aromatic carbocycles. The SMILES string of the molecule is CC1CN(Cc2ccc(C(=O)N3CCC(c4c[nH]c5ncccc45)CC3)cc2)CC(C)O1. The van der Waals surface area contributed by atoms with Crippen molar-refractivity contribution in [3.63, 3.8) is 0 Å². The Hall–Kier alpha value is -2.70. The fourth-order valence-electron chi connectivity index (χ4n) is 5.32. The van der Waals surface area contributed by atoms with Crippen LogP contribution in [0.2, 0.25) is 0 Å². The number of aromatic nitrogens is 2. The molecule has 0 bridgehead atoms. The largest absolute Gasteiger partial charge is 0.373 e. The third kappa shape index (κ3) is 4.43. The highest BCUT2D eigenvalue weighted by molar-refractivity contribution is 5.94. The number of piperidine rings is 1. The first-order valence-corrected chi connectivity index (χ1v) is 11.7. The number of ether oxygens (including phenoxy) is 1. The Labute approximate surface area is 189 Å². The highest BCUT2D eigenvalue weighted by Crippen LogP contribution is 2.33. The predicted octanol–water partition coefficient (Wildman–Crippen LogP) is 4.19. The van der Waals surface area contributed by atoms with Gasteiger partial charge < -0.3 is 14.6 Å². The van der Waals surface area contributed by atoms with Crippen LogP contribution in [0.1, 0.15) is 54.1 Å². The number of carbonyl (C=O) groups excluding carboxylic acids is 1. The number of pyridine rings is 1. The standard InChI is InChI=1S/C26H32N4O2/c1-18-15-29(16-19(2)32-18)17-20-5-7-22(8-6-20)26(31)30-12-9-21(10-13-30)24-14-28-25-23(24)4-3-11-27-25/h3-8,11,14,18-19,21H,9-10,12-13,15-17H2,1-2H3,(H,27,28). The van der Waals surface area contributed by atoms with Crippen molar-refractivity contribution in [1.29, 1.82) is 0 Å². The monoisotopic (exact) mass is 432 g/mol. The number of hydrogen-bond donors (Lipinski definition) is 1. The van der Waals surface area contributed by atoms with E-state index in [1.807, 2.05) is 29.3 Å². The first-order valence-electron chi connectivity index (χ1n) is 11.7. The molecule has 2 unspecified atom stereocenters. The van der Waals surface area contributed by atoms with E-state index in [0.717, 1.165) is 56.8 Å². The molecule has 4 heterocycles. The summed E-state index contributed by atoms with van der Waals surface area (Å²) >= 11 is 0. The minimum absolute atomic E-state index is 0.143. The lowest BCUT2D eigenvalue weighted by Crippen LogP contribution is -2.44. The summed E-state index contributed by atoms with van der Waals surface area (Å²) in [6, 6.07) is 12.3. The number of carbonyl (C=O) groups is 1. The van der Waals surface area contributed by atoms with Crippen LogP contribution in [0.4, 0.5) is 0 Å². The van der Waals surface area contributed by atoms with Gasteiger partial charge in [0.05, 0.1) is 12.2 Å². The number of H-pyrrole nitrogens is 1. The van der Waals surface area contributed by atoms with Crippen molar-refractivity contribution in [2.75, 3.05) is 26.2 Å². The molecule has 6 heteroatoms. The molecule has 5 rings (SSSR count). The van der Waals surface area contributed by atoms with Crippen LogP contribution >= 0.6 is 0 Å². The Bertz CT molecular complexity index is 1060. The van der Waals surface area contributed by atoms with Gasteiger partial charge in [0.15, 0.2) is 0 Å². The molecule has 2 atom stereocenters. The third-order valence-corrected chi connectivity index (χ3v) is 6.81. The van der Waals surface area contributed by atoms with Gasteiger partial charge in [0.2, 0.25) is 0 Å². The molecule has 2 saturated heterocycles. The molecule has 0 saturated carbocycles. The maximum Gasteiger partial charge on any atom is 0.253 e. The highest BCUT2D eigenvalue weighted by Gasteiger charge is 2.26. The van der Waals surface area contributed by atoms with Crippen LogP contribution in [-0.2, 0) is 11.3 Å². The Kier molecular flexibility index (Phi) is 5.98. The van der Waals surface area contributed by atoms with Crippen molar-refractivity contribution in [3.8, 4) is 0 Å². The summed E-state index contributed by atoms with van der Waals surface area (Å²) in [6.45, 7) is 8.64. The average molecular weight is 433 g/mol. The molecule has 0 radical (unpaired) electrons. The topological polar surface area (TPSA) is 61.5 Å². The number of rotatable bonds is 4. The zero-order valence-electron chi connectivity index (χ0n) is 19.0. The van der Waals surface area contributed by atoms with E-state index in [2.05, 4.69) is 53.1 Å². The van der Waals surface area contributed by atoms with Crippen molar-refractivity contribution in [2.45, 2.75) is 51.4 Å². The smallest absolute Gasteiger partial charge is 0.253 e. The number of aromatic amines is 1. The van der Waals surface area contributed by atoms with Gasteiger partial charge in [0.1, 0.15) is 5.65 Å². The fraction of sp³-hybridized carbons (Fsp3) is 0.462. The Morgan fingerprint density at radius 1 is 1.09 bits per heavy atom. The summed E-state index contributed by atoms with van der Waals surface area (Å²) in [5, 5.41) is 1.21. The molecule has 0 aliphatic carbocycles. The summed E-state index contributed by atoms with van der Waals surface area (Å²) in [5.41, 5.74) is 4.31. The second kappa shape index (κ2) is 9.04. The van der Waals surface area contributed by atoms with Crippen LogP contribution in [0.5, 0.6) is 0 Å². The van der Waals surface area contributed by atoms with Crippen LogP contribution in [0.15, 0.2) is 48.8 Å². The highest BCUT2D eigenvalue weighted by atomic mass is 16.5. The normalized spacial score (nSPS) is 23.0. The Morgan fingerprint density at radius 3 is 2.53 bits per heavy atom. The lowest BCUT2D eigenvalue weighted by Gasteiger charge is -2.35. The minimum Gasteiger partial charge on any atom is -0.373 e. The molecule has 2 aliphatic rings. The first-order chi connectivity index (χ1) is 15.6. The molecule has 32 heavy (non-hydrogen) atoms. The molecule has 168 valence electrons. The Balaban J connectivity index is 1.18. The van der Waals surface area contributed by atoms with Gasteiger partial charge in [-0.25, -0.2) is 4.98 Å². The van der Waals surface area contributed by atoms with Crippen LogP contribution in [0.3, 0.4) is 0 Å². The molecule has 6 nitrogen and oxygen atoms in total. The summed E-state index contributed by atoms with van der Waals surface area (Å²) in [4.78, 5) is 25.2. The van der Waals surface area contributed by atoms with Gasteiger partial charge >= 0.3 is 0 Å². The molecular formula is C26H32N4O2. The van der Waals surface area contributed by atoms with E-state index in [1.165, 1.54) is 16.5 Å². The number of fused-ring (bicyclic) bond motifs is 1. The number of nitrogens with zero attached hydrogens (tertiary/aromatic N) is 3. The van der Waals surface area contributed by atoms with Gasteiger partial charge in [-0.1, -0.05) is 12.1 Å². The average Bonchev–Trinajstić information content (AvgIpc) is 3.23. The van der Waals surface area contributed by atoms with Crippen molar-refractivity contribution in [3.05, 3.63) is 65.5 Å². The molecule has 0 spiro atoms. The predicted molar refractivity (Wildman–Crippen MR) is 126 cm³/mol. The van der Waals surface area contributed by atoms with Gasteiger partial charge in [0, 0.05) is 56.1 Å². The molecule has 2 fully saturated rings. The third-order valence-electron chi connectivity index (χ3n) is 6.81. The summed E-state index contributed by atoms with van der Waals surface area (Å²) in [6.07, 6.45) is 6.41. The van der Waals surface area contributed by atoms with Crippen molar-refractivity contribution in [1.82, 2.24) is 19.8 Å². The number of amides is 1. The minimum atomic E-state index is 0.143. The van der Waals surface area contributed by atoms with Gasteiger partial charge in [-0.15, -0.1) is 0 Å². The van der Waals surface area contributed by atoms with Crippen molar-refractivity contribution in [2.24, 2.45) is 0 Å². The van der Waals surface area contributed by atoms with Crippen LogP contribution < -0.4 is 0 Å². The van der Waals surface area contributed by atoms with Crippen molar-refractivity contribution < 1.29 is 9.53 Å². The van der Waals surface area contributed by atoms with E-state index in [1.54, 1.807) is 0 Å². The molecule has 3 aromatic rings. The number of nitrogens with one attached hydrogen (secondary N) is 1. The van der Waals surface area contributed by atoms with Crippen LogP contribution in [0, 0.1) is 0 Å². The van der Waals surface area contributed by atoms with Crippen LogP contribution in [-0.4, -0.2) is 64.1 Å². The van der Waals surface area contributed by atoms with Gasteiger partial charge in [0.25, 0.3) is 5.91 Å². The van der Waals surface area contributed by atoms with Gasteiger partial charge in [-0.2, -0.15) is 0 Å². The summed E-state index contributed by atoms with van der Waals surface area (Å²) in [7, 11) is 0. The quantitative estimate of drug-likeness (QED) is 0.672. The molecule has 1 N–H and O–H groups in total. The zero-order valence-corrected chi connectivity index (χ0v) is 19.0. The van der Waals surface area contributed by atoms with E-state index in [-0.39, 0.29) is 18.1 Å². The summed E-state index contributed by atoms with van der Waals surface area (Å²) in [5.74, 6) is 0.613. The molecule has 2 aliphatic heterocycles. The zero-order chi connectivity index (χ0) is 22.1. The number of hydrogen-bond acceptors (Lipinski definition) is 4. The second-order valence-corrected chi connectivity index (χ2v) is 9.36. The van der Waals surface area contributed by atoms with Gasteiger partial charge in [-0.05, 0) is 68.0 Å². The van der Waals surface area contributed by atoms with E-state index in [9.17, 15) is 4.79 Å². The summed E-state index contributed by atoms with van der Waals surface area (Å²) < 4.78 is 5.83. The van der Waals surface area contributed by atoms with E-state index < -0.39 is 0 Å². The van der Waals surface area contributed by atoms with Crippen LogP contribution in [0.25, 0.3) is 11.0 Å². The fourth-order valence-corrected chi connectivity index (χ4v) is 5.32. The molecule has 2 aromatic heterocycles. The van der Waals surface area contributed by atoms with Crippen molar-refractivity contribution >= 4 is 16.9 Å². The van der Waals surface area contributed by atoms with E-state index >= 15 is 0 Å². The molecule has 1 amide bonds. The second-order valence-electron chi connectivity index (χ2n) is 9.36.